The third-order valence-corrected chi connectivity index (χ3v) is 5.12. The van der Waals surface area contributed by atoms with Crippen molar-refractivity contribution in [2.24, 2.45) is 0 Å². The summed E-state index contributed by atoms with van der Waals surface area (Å²) in [6, 6.07) is 4.77. The van der Waals surface area contributed by atoms with E-state index in [9.17, 15) is 19.2 Å². The number of amides is 4. The minimum absolute atomic E-state index is 0.216. The van der Waals surface area contributed by atoms with Gasteiger partial charge in [0.25, 0.3) is 5.91 Å². The van der Waals surface area contributed by atoms with E-state index >= 15 is 0 Å². The quantitative estimate of drug-likeness (QED) is 0.719. The van der Waals surface area contributed by atoms with Crippen molar-refractivity contribution in [2.75, 3.05) is 0 Å². The zero-order chi connectivity index (χ0) is 23.0. The lowest BCUT2D eigenvalue weighted by Crippen LogP contribution is -2.52. The number of benzene rings is 1. The van der Waals surface area contributed by atoms with Gasteiger partial charge in [0.2, 0.25) is 11.8 Å². The van der Waals surface area contributed by atoms with Crippen LogP contribution in [0.1, 0.15) is 68.9 Å². The molecule has 1 saturated heterocycles. The van der Waals surface area contributed by atoms with Crippen LogP contribution < -0.4 is 10.6 Å². The van der Waals surface area contributed by atoms with Crippen LogP contribution in [0, 0.1) is 0 Å². The van der Waals surface area contributed by atoms with Crippen LogP contribution in [0.15, 0.2) is 24.3 Å². The van der Waals surface area contributed by atoms with Gasteiger partial charge in [0.05, 0.1) is 5.54 Å². The van der Waals surface area contributed by atoms with E-state index in [1.54, 1.807) is 32.9 Å². The molecule has 166 valence electrons. The van der Waals surface area contributed by atoms with Crippen molar-refractivity contribution in [3.05, 3.63) is 41.0 Å². The SMILES string of the molecule is CC(C)(C=Cc1cccc2c1CN(C1CCC(=O)NC1=O)C2=O)NC(=O)OC(C)(C)C. The van der Waals surface area contributed by atoms with Gasteiger partial charge in [-0.3, -0.25) is 19.7 Å². The van der Waals surface area contributed by atoms with Crippen molar-refractivity contribution in [1.82, 2.24) is 15.5 Å². The second kappa shape index (κ2) is 8.17. The molecule has 2 aliphatic heterocycles. The predicted octanol–water partition coefficient (Wildman–Crippen LogP) is 2.76. The van der Waals surface area contributed by atoms with Crippen LogP contribution in [0.3, 0.4) is 0 Å². The number of hydrogen-bond acceptors (Lipinski definition) is 5. The Balaban J connectivity index is 1.76. The van der Waals surface area contributed by atoms with Gasteiger partial charge in [0.15, 0.2) is 0 Å². The largest absolute Gasteiger partial charge is 0.444 e. The van der Waals surface area contributed by atoms with E-state index in [0.29, 0.717) is 18.5 Å². The van der Waals surface area contributed by atoms with Crippen LogP contribution in [0.4, 0.5) is 4.79 Å². The van der Waals surface area contributed by atoms with E-state index in [0.717, 1.165) is 11.1 Å². The van der Waals surface area contributed by atoms with E-state index in [-0.39, 0.29) is 18.2 Å². The second-order valence-electron chi connectivity index (χ2n) is 9.46. The highest BCUT2D eigenvalue weighted by molar-refractivity contribution is 6.05. The maximum Gasteiger partial charge on any atom is 0.408 e. The molecule has 0 bridgehead atoms. The lowest BCUT2D eigenvalue weighted by Gasteiger charge is -2.29. The summed E-state index contributed by atoms with van der Waals surface area (Å²) < 4.78 is 5.32. The minimum Gasteiger partial charge on any atom is -0.444 e. The molecule has 2 N–H and O–H groups in total. The van der Waals surface area contributed by atoms with Gasteiger partial charge in [-0.2, -0.15) is 0 Å². The van der Waals surface area contributed by atoms with Gasteiger partial charge >= 0.3 is 6.09 Å². The highest BCUT2D eigenvalue weighted by Crippen LogP contribution is 2.30. The summed E-state index contributed by atoms with van der Waals surface area (Å²) in [6.07, 6.45) is 3.72. The minimum atomic E-state index is -0.684. The average Bonchev–Trinajstić information content (AvgIpc) is 2.95. The summed E-state index contributed by atoms with van der Waals surface area (Å²) in [5.74, 6) is -0.961. The molecule has 1 aromatic carbocycles. The second-order valence-corrected chi connectivity index (χ2v) is 9.46. The molecular weight excluding hydrogens is 398 g/mol. The van der Waals surface area contributed by atoms with Gasteiger partial charge < -0.3 is 15.0 Å². The maximum absolute atomic E-state index is 12.9. The molecule has 3 rings (SSSR count). The molecular formula is C23H29N3O5. The standard InChI is InChI=1S/C23H29N3O5/c1-22(2,3)31-21(30)25-23(4,5)12-11-14-7-6-8-15-16(14)13-26(20(15)29)17-9-10-18(27)24-19(17)28/h6-8,11-12,17H,9-10,13H2,1-5H3,(H,25,30)(H,24,27,28). The maximum atomic E-state index is 12.9. The van der Waals surface area contributed by atoms with Crippen LogP contribution in [-0.2, 0) is 20.9 Å². The first kappa shape index (κ1) is 22.5. The van der Waals surface area contributed by atoms with Crippen molar-refractivity contribution in [1.29, 1.82) is 0 Å². The number of ether oxygens (including phenoxy) is 1. The van der Waals surface area contributed by atoms with E-state index in [1.165, 1.54) is 4.90 Å². The number of carbonyl (C=O) groups is 4. The third kappa shape index (κ3) is 5.31. The zero-order valence-corrected chi connectivity index (χ0v) is 18.6. The number of imide groups is 1. The van der Waals surface area contributed by atoms with E-state index in [4.69, 9.17) is 4.74 Å². The average molecular weight is 428 g/mol. The Hall–Kier alpha value is -3.16. The molecule has 1 fully saturated rings. The number of hydrogen-bond donors (Lipinski definition) is 2. The van der Waals surface area contributed by atoms with Crippen LogP contribution in [-0.4, -0.2) is 45.9 Å². The number of alkyl carbamates (subject to hydrolysis) is 1. The van der Waals surface area contributed by atoms with Gasteiger partial charge in [-0.15, -0.1) is 0 Å². The molecule has 1 unspecified atom stereocenters. The summed E-state index contributed by atoms with van der Waals surface area (Å²) >= 11 is 0. The summed E-state index contributed by atoms with van der Waals surface area (Å²) in [6.45, 7) is 9.38. The molecule has 8 heteroatoms. The smallest absolute Gasteiger partial charge is 0.408 e. The third-order valence-electron chi connectivity index (χ3n) is 5.12. The fourth-order valence-electron chi connectivity index (χ4n) is 3.67. The predicted molar refractivity (Wildman–Crippen MR) is 115 cm³/mol. The van der Waals surface area contributed by atoms with Crippen LogP contribution in [0.25, 0.3) is 6.08 Å². The number of fused-ring (bicyclic) bond motifs is 1. The summed E-state index contributed by atoms with van der Waals surface area (Å²) in [5, 5.41) is 5.13. The molecule has 31 heavy (non-hydrogen) atoms. The molecule has 4 amide bonds. The fraction of sp³-hybridized carbons (Fsp3) is 0.478. The molecule has 1 aromatic rings. The molecule has 8 nitrogen and oxygen atoms in total. The lowest BCUT2D eigenvalue weighted by atomic mass is 9.99. The molecule has 0 aliphatic carbocycles. The number of nitrogens with zero attached hydrogens (tertiary/aromatic N) is 1. The summed E-state index contributed by atoms with van der Waals surface area (Å²) in [7, 11) is 0. The first-order valence-corrected chi connectivity index (χ1v) is 10.3. The first-order chi connectivity index (χ1) is 14.4. The van der Waals surface area contributed by atoms with Gasteiger partial charge in [-0.05, 0) is 58.2 Å². The van der Waals surface area contributed by atoms with Gasteiger partial charge in [0.1, 0.15) is 11.6 Å². The van der Waals surface area contributed by atoms with Crippen molar-refractivity contribution < 1.29 is 23.9 Å². The van der Waals surface area contributed by atoms with E-state index in [2.05, 4.69) is 10.6 Å². The van der Waals surface area contributed by atoms with Crippen molar-refractivity contribution in [2.45, 2.75) is 71.2 Å². The number of carbonyl (C=O) groups excluding carboxylic acids is 4. The van der Waals surface area contributed by atoms with Gasteiger partial charge in [-0.1, -0.05) is 24.3 Å². The molecule has 0 aromatic heterocycles. The Kier molecular flexibility index (Phi) is 5.93. The zero-order valence-electron chi connectivity index (χ0n) is 18.6. The highest BCUT2D eigenvalue weighted by Gasteiger charge is 2.39. The number of piperidine rings is 1. The Labute approximate surface area is 182 Å². The van der Waals surface area contributed by atoms with Gasteiger partial charge in [-0.25, -0.2) is 4.79 Å². The number of rotatable bonds is 4. The monoisotopic (exact) mass is 427 g/mol. The Morgan fingerprint density at radius 1 is 1.19 bits per heavy atom. The topological polar surface area (TPSA) is 105 Å². The Morgan fingerprint density at radius 2 is 1.90 bits per heavy atom. The lowest BCUT2D eigenvalue weighted by molar-refractivity contribution is -0.136. The molecule has 2 heterocycles. The van der Waals surface area contributed by atoms with Crippen LogP contribution in [0.2, 0.25) is 0 Å². The van der Waals surface area contributed by atoms with Crippen LogP contribution in [0.5, 0.6) is 0 Å². The molecule has 1 atom stereocenters. The Bertz CT molecular complexity index is 958. The van der Waals surface area contributed by atoms with E-state index in [1.807, 2.05) is 32.1 Å². The fourth-order valence-corrected chi connectivity index (χ4v) is 3.67. The summed E-state index contributed by atoms with van der Waals surface area (Å²) in [5.41, 5.74) is 0.923. The molecule has 0 saturated carbocycles. The normalized spacial score (nSPS) is 19.5. The number of nitrogens with one attached hydrogen (secondary N) is 2. The van der Waals surface area contributed by atoms with Crippen molar-refractivity contribution in [3.8, 4) is 0 Å². The molecule has 2 aliphatic rings. The Morgan fingerprint density at radius 3 is 2.55 bits per heavy atom. The van der Waals surface area contributed by atoms with Crippen molar-refractivity contribution >= 4 is 29.9 Å². The van der Waals surface area contributed by atoms with Gasteiger partial charge in [0, 0.05) is 18.5 Å². The highest BCUT2D eigenvalue weighted by atomic mass is 16.6. The molecule has 0 spiro atoms. The van der Waals surface area contributed by atoms with E-state index < -0.39 is 29.2 Å². The van der Waals surface area contributed by atoms with Crippen molar-refractivity contribution in [3.63, 3.8) is 0 Å². The first-order valence-electron chi connectivity index (χ1n) is 10.3. The molecule has 0 radical (unpaired) electrons. The van der Waals surface area contributed by atoms with Crippen LogP contribution >= 0.6 is 0 Å². The summed E-state index contributed by atoms with van der Waals surface area (Å²) in [4.78, 5) is 50.2.